The lowest BCUT2D eigenvalue weighted by molar-refractivity contribution is -0.120. The van der Waals surface area contributed by atoms with Gasteiger partial charge >= 0.3 is 0 Å². The molecule has 0 saturated heterocycles. The van der Waals surface area contributed by atoms with E-state index in [0.29, 0.717) is 33.3 Å². The Bertz CT molecular complexity index is 1000. The monoisotopic (exact) mass is 387 g/mol. The molecule has 1 heterocycles. The molecular formula is C19H18ClN3O2S. The highest BCUT2D eigenvalue weighted by molar-refractivity contribution is 8.00. The number of halogens is 1. The van der Waals surface area contributed by atoms with Crippen molar-refractivity contribution in [2.45, 2.75) is 24.3 Å². The zero-order valence-electron chi connectivity index (χ0n) is 14.4. The van der Waals surface area contributed by atoms with Crippen LogP contribution in [0.1, 0.15) is 13.8 Å². The molecule has 1 N–H and O–H groups in total. The van der Waals surface area contributed by atoms with Gasteiger partial charge in [-0.25, -0.2) is 4.98 Å². The van der Waals surface area contributed by atoms with Crippen molar-refractivity contribution in [3.63, 3.8) is 0 Å². The van der Waals surface area contributed by atoms with E-state index in [2.05, 4.69) is 10.3 Å². The second-order valence-electron chi connectivity index (χ2n) is 5.68. The molecule has 1 atom stereocenters. The number of thioether (sulfide) groups is 1. The summed E-state index contributed by atoms with van der Waals surface area (Å²) in [5.41, 5.74) is 1.08. The average molecular weight is 388 g/mol. The molecule has 26 heavy (non-hydrogen) atoms. The molecule has 7 heteroatoms. The normalized spacial score (nSPS) is 12.1. The predicted molar refractivity (Wildman–Crippen MR) is 106 cm³/mol. The topological polar surface area (TPSA) is 64.0 Å². The maximum atomic E-state index is 13.1. The number of amides is 1. The smallest absolute Gasteiger partial charge is 0.266 e. The van der Waals surface area contributed by atoms with Gasteiger partial charge in [0.25, 0.3) is 5.56 Å². The van der Waals surface area contributed by atoms with E-state index in [1.54, 1.807) is 43.3 Å². The van der Waals surface area contributed by atoms with E-state index in [9.17, 15) is 9.59 Å². The summed E-state index contributed by atoms with van der Waals surface area (Å²) >= 11 is 7.23. The summed E-state index contributed by atoms with van der Waals surface area (Å²) in [6, 6.07) is 14.2. The Morgan fingerprint density at radius 1 is 1.23 bits per heavy atom. The molecule has 0 aliphatic heterocycles. The van der Waals surface area contributed by atoms with Gasteiger partial charge in [0, 0.05) is 11.6 Å². The SMILES string of the molecule is CCNC(=O)[C@@H](C)Sc1nc2ccccc2c(=O)n1-c1ccc(Cl)cc1. The lowest BCUT2D eigenvalue weighted by Gasteiger charge is -2.16. The Morgan fingerprint density at radius 2 is 1.92 bits per heavy atom. The van der Waals surface area contributed by atoms with Crippen LogP contribution in [-0.2, 0) is 4.79 Å². The van der Waals surface area contributed by atoms with Gasteiger partial charge in [-0.05, 0) is 50.2 Å². The van der Waals surface area contributed by atoms with Crippen molar-refractivity contribution in [2.75, 3.05) is 6.54 Å². The Hall–Kier alpha value is -2.31. The van der Waals surface area contributed by atoms with Gasteiger partial charge in [-0.3, -0.25) is 14.2 Å². The van der Waals surface area contributed by atoms with Crippen molar-refractivity contribution in [2.24, 2.45) is 0 Å². The number of rotatable bonds is 5. The van der Waals surface area contributed by atoms with E-state index in [4.69, 9.17) is 11.6 Å². The van der Waals surface area contributed by atoms with Gasteiger partial charge in [-0.15, -0.1) is 0 Å². The molecule has 5 nitrogen and oxygen atoms in total. The van der Waals surface area contributed by atoms with Crippen molar-refractivity contribution in [3.05, 3.63) is 63.9 Å². The van der Waals surface area contributed by atoms with E-state index in [1.807, 2.05) is 19.1 Å². The quantitative estimate of drug-likeness (QED) is 0.536. The van der Waals surface area contributed by atoms with E-state index in [0.717, 1.165) is 0 Å². The van der Waals surface area contributed by atoms with Gasteiger partial charge in [-0.1, -0.05) is 35.5 Å². The lowest BCUT2D eigenvalue weighted by atomic mass is 10.2. The summed E-state index contributed by atoms with van der Waals surface area (Å²) in [5, 5.41) is 3.98. The van der Waals surface area contributed by atoms with Crippen molar-refractivity contribution in [1.82, 2.24) is 14.9 Å². The predicted octanol–water partition coefficient (Wildman–Crippen LogP) is 3.66. The van der Waals surface area contributed by atoms with Crippen molar-refractivity contribution in [1.29, 1.82) is 0 Å². The molecule has 1 aromatic heterocycles. The summed E-state index contributed by atoms with van der Waals surface area (Å²) in [4.78, 5) is 29.8. The van der Waals surface area contributed by atoms with Gasteiger partial charge in [0.15, 0.2) is 5.16 Å². The molecular weight excluding hydrogens is 370 g/mol. The maximum Gasteiger partial charge on any atom is 0.266 e. The highest BCUT2D eigenvalue weighted by atomic mass is 35.5. The van der Waals surface area contributed by atoms with Crippen LogP contribution in [-0.4, -0.2) is 27.3 Å². The number of aromatic nitrogens is 2. The van der Waals surface area contributed by atoms with Crippen LogP contribution in [0, 0.1) is 0 Å². The lowest BCUT2D eigenvalue weighted by Crippen LogP contribution is -2.31. The second kappa shape index (κ2) is 7.93. The zero-order valence-corrected chi connectivity index (χ0v) is 16.0. The van der Waals surface area contributed by atoms with Gasteiger partial charge in [0.1, 0.15) is 0 Å². The molecule has 3 rings (SSSR count). The third-order valence-electron chi connectivity index (χ3n) is 3.83. The number of hydrogen-bond donors (Lipinski definition) is 1. The molecule has 134 valence electrons. The molecule has 0 spiro atoms. The molecule has 1 amide bonds. The minimum atomic E-state index is -0.387. The first-order valence-corrected chi connectivity index (χ1v) is 9.49. The summed E-state index contributed by atoms with van der Waals surface area (Å²) in [5.74, 6) is -0.0948. The van der Waals surface area contributed by atoms with Gasteiger partial charge < -0.3 is 5.32 Å². The molecule has 2 aromatic carbocycles. The number of benzene rings is 2. The van der Waals surface area contributed by atoms with Crippen LogP contribution < -0.4 is 10.9 Å². The number of carbonyl (C=O) groups excluding carboxylic acids is 1. The molecule has 0 fully saturated rings. The number of para-hydroxylation sites is 1. The fraction of sp³-hybridized carbons (Fsp3) is 0.211. The first kappa shape index (κ1) is 18.5. The van der Waals surface area contributed by atoms with E-state index < -0.39 is 0 Å². The summed E-state index contributed by atoms with van der Waals surface area (Å²) < 4.78 is 1.53. The molecule has 0 unspecified atom stereocenters. The molecule has 0 radical (unpaired) electrons. The van der Waals surface area contributed by atoms with Crippen LogP contribution >= 0.6 is 23.4 Å². The van der Waals surface area contributed by atoms with Crippen LogP contribution in [0.15, 0.2) is 58.5 Å². The van der Waals surface area contributed by atoms with Crippen LogP contribution in [0.25, 0.3) is 16.6 Å². The van der Waals surface area contributed by atoms with E-state index in [-0.39, 0.29) is 16.7 Å². The van der Waals surface area contributed by atoms with Crippen LogP contribution in [0.4, 0.5) is 0 Å². The van der Waals surface area contributed by atoms with Crippen LogP contribution in [0.2, 0.25) is 5.02 Å². The third kappa shape index (κ3) is 3.76. The number of nitrogens with zero attached hydrogens (tertiary/aromatic N) is 2. The summed E-state index contributed by atoms with van der Waals surface area (Å²) in [7, 11) is 0. The minimum Gasteiger partial charge on any atom is -0.355 e. The molecule has 3 aromatic rings. The van der Waals surface area contributed by atoms with Crippen LogP contribution in [0.3, 0.4) is 0 Å². The number of fused-ring (bicyclic) bond motifs is 1. The fourth-order valence-corrected chi connectivity index (χ4v) is 3.62. The standard InChI is InChI=1S/C19H18ClN3O2S/c1-3-21-17(24)12(2)26-19-22-16-7-5-4-6-15(16)18(25)23(19)14-10-8-13(20)9-11-14/h4-12H,3H2,1-2H3,(H,21,24)/t12-/m1/s1. The van der Waals surface area contributed by atoms with Crippen LogP contribution in [0.5, 0.6) is 0 Å². The first-order chi connectivity index (χ1) is 12.5. The first-order valence-electron chi connectivity index (χ1n) is 8.23. The zero-order chi connectivity index (χ0) is 18.7. The second-order valence-corrected chi connectivity index (χ2v) is 7.43. The molecule has 0 aliphatic rings. The van der Waals surface area contributed by atoms with Crippen molar-refractivity contribution >= 4 is 40.2 Å². The molecule has 0 aliphatic carbocycles. The number of carbonyl (C=O) groups is 1. The third-order valence-corrected chi connectivity index (χ3v) is 5.14. The summed E-state index contributed by atoms with van der Waals surface area (Å²) in [6.45, 7) is 4.22. The Kier molecular flexibility index (Phi) is 5.64. The molecule has 0 bridgehead atoms. The largest absolute Gasteiger partial charge is 0.355 e. The maximum absolute atomic E-state index is 13.1. The minimum absolute atomic E-state index is 0.0948. The highest BCUT2D eigenvalue weighted by Gasteiger charge is 2.19. The Morgan fingerprint density at radius 3 is 2.62 bits per heavy atom. The highest BCUT2D eigenvalue weighted by Crippen LogP contribution is 2.25. The van der Waals surface area contributed by atoms with Crippen molar-refractivity contribution in [3.8, 4) is 5.69 Å². The van der Waals surface area contributed by atoms with Gasteiger partial charge in [-0.2, -0.15) is 0 Å². The average Bonchev–Trinajstić information content (AvgIpc) is 2.63. The van der Waals surface area contributed by atoms with Crippen molar-refractivity contribution < 1.29 is 4.79 Å². The fourth-order valence-electron chi connectivity index (χ4n) is 2.54. The Balaban J connectivity index is 2.16. The van der Waals surface area contributed by atoms with E-state index >= 15 is 0 Å². The molecule has 0 saturated carbocycles. The van der Waals surface area contributed by atoms with E-state index in [1.165, 1.54) is 16.3 Å². The van der Waals surface area contributed by atoms with Gasteiger partial charge in [0.2, 0.25) is 5.91 Å². The van der Waals surface area contributed by atoms with Gasteiger partial charge in [0.05, 0.1) is 21.8 Å². The number of hydrogen-bond acceptors (Lipinski definition) is 4. The number of nitrogens with one attached hydrogen (secondary N) is 1. The summed E-state index contributed by atoms with van der Waals surface area (Å²) in [6.07, 6.45) is 0. The Labute approximate surface area is 160 Å².